The monoisotopic (exact) mass is 324 g/mol. The van der Waals surface area contributed by atoms with E-state index in [0.29, 0.717) is 11.1 Å². The van der Waals surface area contributed by atoms with Crippen molar-refractivity contribution in [2.24, 2.45) is 5.41 Å². The van der Waals surface area contributed by atoms with Gasteiger partial charge in [-0.2, -0.15) is 0 Å². The highest BCUT2D eigenvalue weighted by molar-refractivity contribution is 6.17. The van der Waals surface area contributed by atoms with Crippen molar-refractivity contribution in [3.05, 3.63) is 81.4 Å². The molecule has 0 aliphatic heterocycles. The minimum Gasteiger partial charge on any atom is -0.351 e. The van der Waals surface area contributed by atoms with Gasteiger partial charge in [-0.3, -0.25) is 19.7 Å². The van der Waals surface area contributed by atoms with E-state index in [1.807, 2.05) is 30.3 Å². The number of carbonyl (C=O) groups excluding carboxylic acids is 2. The molecule has 1 atom stereocenters. The molecule has 3 rings (SSSR count). The summed E-state index contributed by atoms with van der Waals surface area (Å²) in [5, 5.41) is 13.8. The highest BCUT2D eigenvalue weighted by atomic mass is 16.6. The molecule has 0 saturated carbocycles. The summed E-state index contributed by atoms with van der Waals surface area (Å²) in [6, 6.07) is 16.0. The predicted molar refractivity (Wildman–Crippen MR) is 87.1 cm³/mol. The lowest BCUT2D eigenvalue weighted by Crippen LogP contribution is -2.49. The zero-order valence-corrected chi connectivity index (χ0v) is 12.9. The van der Waals surface area contributed by atoms with E-state index < -0.39 is 28.6 Å². The Morgan fingerprint density at radius 2 is 1.79 bits per heavy atom. The second kappa shape index (κ2) is 6.23. The quantitative estimate of drug-likeness (QED) is 0.517. The van der Waals surface area contributed by atoms with Gasteiger partial charge in [0.25, 0.3) is 0 Å². The Labute approximate surface area is 138 Å². The summed E-state index contributed by atoms with van der Waals surface area (Å²) in [6.07, 6.45) is 0.0591. The molecule has 122 valence electrons. The first-order chi connectivity index (χ1) is 11.5. The van der Waals surface area contributed by atoms with Crippen LogP contribution in [0.15, 0.2) is 54.6 Å². The number of carbonyl (C=O) groups is 2. The SMILES string of the molecule is O=C(NCc1ccccc1)C1(C[N+](=O)[O-])Cc2ccccc2C1=O. The fraction of sp³-hybridized carbons (Fsp3) is 0.222. The number of rotatable bonds is 5. The van der Waals surface area contributed by atoms with Gasteiger partial charge in [0.1, 0.15) is 0 Å². The molecule has 0 bridgehead atoms. The topological polar surface area (TPSA) is 89.3 Å². The van der Waals surface area contributed by atoms with E-state index in [2.05, 4.69) is 5.32 Å². The van der Waals surface area contributed by atoms with Gasteiger partial charge in [-0.1, -0.05) is 54.6 Å². The van der Waals surface area contributed by atoms with Crippen molar-refractivity contribution >= 4 is 11.7 Å². The van der Waals surface area contributed by atoms with Crippen LogP contribution in [0.1, 0.15) is 21.5 Å². The number of hydrogen-bond acceptors (Lipinski definition) is 4. The van der Waals surface area contributed by atoms with Gasteiger partial charge in [0, 0.05) is 23.5 Å². The van der Waals surface area contributed by atoms with E-state index in [0.717, 1.165) is 5.56 Å². The number of nitrogens with one attached hydrogen (secondary N) is 1. The van der Waals surface area contributed by atoms with Gasteiger partial charge < -0.3 is 5.32 Å². The van der Waals surface area contributed by atoms with E-state index in [-0.39, 0.29) is 13.0 Å². The van der Waals surface area contributed by atoms with E-state index in [4.69, 9.17) is 0 Å². The largest absolute Gasteiger partial charge is 0.351 e. The molecule has 1 aliphatic carbocycles. The molecular formula is C18H16N2O4. The lowest BCUT2D eigenvalue weighted by Gasteiger charge is -2.22. The Bertz CT molecular complexity index is 804. The molecular weight excluding hydrogens is 308 g/mol. The summed E-state index contributed by atoms with van der Waals surface area (Å²) in [7, 11) is 0. The third-order valence-electron chi connectivity index (χ3n) is 4.32. The normalized spacial score (nSPS) is 18.9. The lowest BCUT2D eigenvalue weighted by atomic mass is 9.82. The summed E-state index contributed by atoms with van der Waals surface area (Å²) in [5.74, 6) is -1.07. The molecule has 0 fully saturated rings. The van der Waals surface area contributed by atoms with Crippen LogP contribution in [0.4, 0.5) is 0 Å². The molecule has 0 spiro atoms. The van der Waals surface area contributed by atoms with Gasteiger partial charge in [-0.15, -0.1) is 0 Å². The van der Waals surface area contributed by atoms with Crippen LogP contribution >= 0.6 is 0 Å². The Hall–Kier alpha value is -3.02. The molecule has 1 unspecified atom stereocenters. The van der Waals surface area contributed by atoms with Gasteiger partial charge in [-0.25, -0.2) is 0 Å². The van der Waals surface area contributed by atoms with Crippen molar-refractivity contribution in [3.8, 4) is 0 Å². The van der Waals surface area contributed by atoms with Gasteiger partial charge in [0.2, 0.25) is 12.5 Å². The molecule has 1 amide bonds. The number of hydrogen-bond donors (Lipinski definition) is 1. The first-order valence-corrected chi connectivity index (χ1v) is 7.60. The minimum absolute atomic E-state index is 0.0591. The molecule has 2 aromatic carbocycles. The highest BCUT2D eigenvalue weighted by Gasteiger charge is 2.55. The molecule has 0 heterocycles. The summed E-state index contributed by atoms with van der Waals surface area (Å²) >= 11 is 0. The van der Waals surface area contributed by atoms with Crippen LogP contribution < -0.4 is 5.32 Å². The maximum absolute atomic E-state index is 12.7. The van der Waals surface area contributed by atoms with Crippen molar-refractivity contribution in [1.29, 1.82) is 0 Å². The minimum atomic E-state index is -1.66. The Balaban J connectivity index is 1.86. The number of benzene rings is 2. The smallest absolute Gasteiger partial charge is 0.241 e. The van der Waals surface area contributed by atoms with Crippen LogP contribution in [-0.4, -0.2) is 23.2 Å². The molecule has 1 aliphatic rings. The predicted octanol–water partition coefficient (Wildman–Crippen LogP) is 2.00. The molecule has 2 aromatic rings. The average molecular weight is 324 g/mol. The maximum atomic E-state index is 12.7. The van der Waals surface area contributed by atoms with Crippen molar-refractivity contribution in [3.63, 3.8) is 0 Å². The van der Waals surface area contributed by atoms with Crippen molar-refractivity contribution in [1.82, 2.24) is 5.32 Å². The van der Waals surface area contributed by atoms with Crippen LogP contribution in [-0.2, 0) is 17.8 Å². The zero-order chi connectivity index (χ0) is 17.2. The molecule has 0 radical (unpaired) electrons. The number of ketones is 1. The Morgan fingerprint density at radius 1 is 1.12 bits per heavy atom. The van der Waals surface area contributed by atoms with Crippen molar-refractivity contribution in [2.45, 2.75) is 13.0 Å². The van der Waals surface area contributed by atoms with E-state index >= 15 is 0 Å². The number of Topliss-reactive ketones (excluding diaryl/α,β-unsaturated/α-hetero) is 1. The first-order valence-electron chi connectivity index (χ1n) is 7.60. The van der Waals surface area contributed by atoms with Gasteiger partial charge >= 0.3 is 0 Å². The summed E-state index contributed by atoms with van der Waals surface area (Å²) in [6.45, 7) is -0.482. The summed E-state index contributed by atoms with van der Waals surface area (Å²) < 4.78 is 0. The van der Waals surface area contributed by atoms with E-state index in [1.165, 1.54) is 0 Å². The average Bonchev–Trinajstić information content (AvgIpc) is 2.86. The molecule has 6 nitrogen and oxygen atoms in total. The summed E-state index contributed by atoms with van der Waals surface area (Å²) in [4.78, 5) is 36.0. The number of fused-ring (bicyclic) bond motifs is 1. The number of nitrogens with zero attached hydrogens (tertiary/aromatic N) is 1. The second-order valence-electron chi connectivity index (χ2n) is 5.90. The van der Waals surface area contributed by atoms with Crippen LogP contribution in [0.25, 0.3) is 0 Å². The maximum Gasteiger partial charge on any atom is 0.241 e. The fourth-order valence-corrected chi connectivity index (χ4v) is 3.11. The molecule has 1 N–H and O–H groups in total. The van der Waals surface area contributed by atoms with Gasteiger partial charge in [-0.05, 0) is 11.1 Å². The van der Waals surface area contributed by atoms with Crippen LogP contribution in [0.3, 0.4) is 0 Å². The number of nitro groups is 1. The van der Waals surface area contributed by atoms with Crippen LogP contribution in [0.2, 0.25) is 0 Å². The molecule has 6 heteroatoms. The Morgan fingerprint density at radius 3 is 2.46 bits per heavy atom. The van der Waals surface area contributed by atoms with Crippen LogP contribution in [0.5, 0.6) is 0 Å². The van der Waals surface area contributed by atoms with E-state index in [9.17, 15) is 19.7 Å². The van der Waals surface area contributed by atoms with Gasteiger partial charge in [0.05, 0.1) is 0 Å². The third-order valence-corrected chi connectivity index (χ3v) is 4.32. The van der Waals surface area contributed by atoms with E-state index in [1.54, 1.807) is 24.3 Å². The highest BCUT2D eigenvalue weighted by Crippen LogP contribution is 2.37. The Kier molecular flexibility index (Phi) is 4.12. The first kappa shape index (κ1) is 15.9. The van der Waals surface area contributed by atoms with Gasteiger partial charge in [0.15, 0.2) is 11.2 Å². The standard InChI is InChI=1S/C18H16N2O4/c21-16-15-9-5-4-8-14(15)10-18(16,12-20(23)24)17(22)19-11-13-6-2-1-3-7-13/h1-9H,10-12H2,(H,19,22). The molecule has 0 saturated heterocycles. The summed E-state index contributed by atoms with van der Waals surface area (Å²) in [5.41, 5.74) is 0.278. The van der Waals surface area contributed by atoms with Crippen molar-refractivity contribution < 1.29 is 14.5 Å². The zero-order valence-electron chi connectivity index (χ0n) is 12.9. The molecule has 24 heavy (non-hydrogen) atoms. The van der Waals surface area contributed by atoms with Crippen molar-refractivity contribution in [2.75, 3.05) is 6.54 Å². The second-order valence-corrected chi connectivity index (χ2v) is 5.90. The number of amides is 1. The molecule has 0 aromatic heterocycles. The van der Waals surface area contributed by atoms with Crippen LogP contribution in [0, 0.1) is 15.5 Å². The fourth-order valence-electron chi connectivity index (χ4n) is 3.11. The third kappa shape index (κ3) is 2.78. The lowest BCUT2D eigenvalue weighted by molar-refractivity contribution is -0.490.